The minimum absolute atomic E-state index is 0.0987. The number of piperidine rings is 1. The van der Waals surface area contributed by atoms with Gasteiger partial charge in [-0.05, 0) is 54.2 Å². The molecule has 0 spiro atoms. The average molecular weight is 510 g/mol. The van der Waals surface area contributed by atoms with Crippen molar-refractivity contribution in [3.05, 3.63) is 95.6 Å². The van der Waals surface area contributed by atoms with E-state index in [2.05, 4.69) is 22.2 Å². The molecular weight excluding hydrogens is 478 g/mol. The van der Waals surface area contributed by atoms with Crippen molar-refractivity contribution in [2.45, 2.75) is 31.3 Å². The maximum Gasteiger partial charge on any atom is 0.280 e. The fourth-order valence-electron chi connectivity index (χ4n) is 4.57. The predicted molar refractivity (Wildman–Crippen MR) is 138 cm³/mol. The Morgan fingerprint density at radius 1 is 1.03 bits per heavy atom. The fraction of sp³-hybridized carbons (Fsp3) is 0.296. The number of phenols is 1. The second-order valence-corrected chi connectivity index (χ2v) is 10.5. The number of benzene rings is 3. The van der Waals surface area contributed by atoms with Crippen molar-refractivity contribution in [2.75, 3.05) is 20.2 Å². The molecule has 0 aliphatic carbocycles. The second kappa shape index (κ2) is 11.6. The van der Waals surface area contributed by atoms with Crippen LogP contribution in [-0.4, -0.2) is 50.0 Å². The molecule has 0 radical (unpaired) electrons. The van der Waals surface area contributed by atoms with E-state index in [-0.39, 0.29) is 30.7 Å². The van der Waals surface area contributed by atoms with Gasteiger partial charge in [0.25, 0.3) is 16.1 Å². The van der Waals surface area contributed by atoms with Gasteiger partial charge < -0.3 is 15.2 Å². The first-order valence-electron chi connectivity index (χ1n) is 11.9. The number of phenolic OH excluding ortho intramolecular Hbond substituents is 1. The zero-order valence-electron chi connectivity index (χ0n) is 20.1. The van der Waals surface area contributed by atoms with Crippen LogP contribution >= 0.6 is 0 Å². The highest BCUT2D eigenvalue weighted by molar-refractivity contribution is 7.87. The van der Waals surface area contributed by atoms with Gasteiger partial charge in [0.2, 0.25) is 0 Å². The lowest BCUT2D eigenvalue weighted by atomic mass is 9.86. The molecule has 3 aromatic carbocycles. The number of rotatable bonds is 9. The molecule has 3 aromatic rings. The smallest absolute Gasteiger partial charge is 0.280 e. The largest absolute Gasteiger partial charge is 0.508 e. The number of carbonyl (C=O) groups excluding carboxylic acids is 1. The molecule has 0 aromatic heterocycles. The van der Waals surface area contributed by atoms with Gasteiger partial charge in [0.05, 0.1) is 12.7 Å². The first kappa shape index (κ1) is 25.7. The van der Waals surface area contributed by atoms with E-state index < -0.39 is 16.3 Å². The number of carbonyl (C=O) groups is 1. The Hall–Kier alpha value is -3.40. The van der Waals surface area contributed by atoms with Crippen molar-refractivity contribution in [3.63, 3.8) is 0 Å². The van der Waals surface area contributed by atoms with E-state index in [1.165, 1.54) is 23.5 Å². The molecule has 36 heavy (non-hydrogen) atoms. The zero-order chi connectivity index (χ0) is 25.5. The number of para-hydroxylation sites is 1. The quantitative estimate of drug-likeness (QED) is 0.410. The first-order valence-corrected chi connectivity index (χ1v) is 13.3. The van der Waals surface area contributed by atoms with Gasteiger partial charge in [0.15, 0.2) is 0 Å². The van der Waals surface area contributed by atoms with Crippen LogP contribution in [0.5, 0.6) is 11.5 Å². The standard InChI is InChI=1S/C27H31N3O5S/c1-35-26-10-6-5-9-25(26)27(32)28-19-23-17-22(21-7-3-2-4-8-21)15-16-30(23)36(33,34)29-18-20-11-13-24(31)14-12-20/h2-14,22-23,29,31H,15-19H2,1H3,(H,28,32). The molecule has 1 saturated heterocycles. The van der Waals surface area contributed by atoms with Crippen LogP contribution in [0.25, 0.3) is 0 Å². The van der Waals surface area contributed by atoms with Gasteiger partial charge in [-0.25, -0.2) is 0 Å². The van der Waals surface area contributed by atoms with E-state index in [4.69, 9.17) is 4.74 Å². The Balaban J connectivity index is 1.50. The molecule has 9 heteroatoms. The maximum atomic E-state index is 13.3. The van der Waals surface area contributed by atoms with Crippen LogP contribution in [0.1, 0.15) is 40.2 Å². The maximum absolute atomic E-state index is 13.3. The Bertz CT molecular complexity index is 1270. The molecule has 1 fully saturated rings. The molecule has 1 aliphatic heterocycles. The van der Waals surface area contributed by atoms with E-state index >= 15 is 0 Å². The number of aromatic hydroxyl groups is 1. The normalized spacial score (nSPS) is 18.5. The summed E-state index contributed by atoms with van der Waals surface area (Å²) in [6.07, 6.45) is 1.26. The van der Waals surface area contributed by atoms with E-state index in [9.17, 15) is 18.3 Å². The summed E-state index contributed by atoms with van der Waals surface area (Å²) in [4.78, 5) is 12.9. The molecule has 2 atom stereocenters. The van der Waals surface area contributed by atoms with E-state index in [1.54, 1.807) is 36.4 Å². The Labute approximate surface area is 212 Å². The van der Waals surface area contributed by atoms with Crippen molar-refractivity contribution in [2.24, 2.45) is 0 Å². The highest BCUT2D eigenvalue weighted by atomic mass is 32.2. The summed E-state index contributed by atoms with van der Waals surface area (Å²) >= 11 is 0. The van der Waals surface area contributed by atoms with Crippen LogP contribution in [0, 0.1) is 0 Å². The van der Waals surface area contributed by atoms with Crippen LogP contribution in [0.4, 0.5) is 0 Å². The highest BCUT2D eigenvalue weighted by Gasteiger charge is 2.36. The summed E-state index contributed by atoms with van der Waals surface area (Å²) in [5, 5.41) is 12.4. The third-order valence-corrected chi connectivity index (χ3v) is 8.09. The van der Waals surface area contributed by atoms with E-state index in [1.807, 2.05) is 18.2 Å². The number of nitrogens with one attached hydrogen (secondary N) is 2. The zero-order valence-corrected chi connectivity index (χ0v) is 20.9. The second-order valence-electron chi connectivity index (χ2n) is 8.80. The summed E-state index contributed by atoms with van der Waals surface area (Å²) < 4.78 is 36.1. The summed E-state index contributed by atoms with van der Waals surface area (Å²) in [6.45, 7) is 0.599. The lowest BCUT2D eigenvalue weighted by molar-refractivity contribution is 0.0934. The fourth-order valence-corrected chi connectivity index (χ4v) is 5.98. The lowest BCUT2D eigenvalue weighted by Gasteiger charge is -2.38. The van der Waals surface area contributed by atoms with Gasteiger partial charge in [-0.1, -0.05) is 54.6 Å². The average Bonchev–Trinajstić information content (AvgIpc) is 2.91. The minimum Gasteiger partial charge on any atom is -0.508 e. The number of hydrogen-bond donors (Lipinski definition) is 3. The summed E-state index contributed by atoms with van der Waals surface area (Å²) in [5.74, 6) is 0.447. The van der Waals surface area contributed by atoms with Gasteiger partial charge >= 0.3 is 0 Å². The van der Waals surface area contributed by atoms with Gasteiger partial charge in [-0.3, -0.25) is 4.79 Å². The van der Waals surface area contributed by atoms with Crippen molar-refractivity contribution < 1.29 is 23.1 Å². The molecule has 190 valence electrons. The SMILES string of the molecule is COc1ccccc1C(=O)NCC1CC(c2ccccc2)CCN1S(=O)(=O)NCc1ccc(O)cc1. The van der Waals surface area contributed by atoms with Gasteiger partial charge in [-0.2, -0.15) is 17.4 Å². The van der Waals surface area contributed by atoms with Crippen LogP contribution in [-0.2, 0) is 16.8 Å². The molecular formula is C27H31N3O5S. The van der Waals surface area contributed by atoms with Crippen LogP contribution in [0.3, 0.4) is 0 Å². The van der Waals surface area contributed by atoms with Crippen molar-refractivity contribution in [3.8, 4) is 11.5 Å². The molecule has 1 amide bonds. The minimum atomic E-state index is -3.83. The van der Waals surface area contributed by atoms with E-state index in [0.717, 1.165) is 11.1 Å². The molecule has 0 saturated carbocycles. The molecule has 2 unspecified atom stereocenters. The lowest BCUT2D eigenvalue weighted by Crippen LogP contribution is -2.54. The van der Waals surface area contributed by atoms with Crippen molar-refractivity contribution in [1.29, 1.82) is 0 Å². The number of nitrogens with zero attached hydrogens (tertiary/aromatic N) is 1. The number of amides is 1. The predicted octanol–water partition coefficient (Wildman–Crippen LogP) is 3.41. The van der Waals surface area contributed by atoms with E-state index in [0.29, 0.717) is 30.7 Å². The Kier molecular flexibility index (Phi) is 8.25. The van der Waals surface area contributed by atoms with Gasteiger partial charge in [0, 0.05) is 25.7 Å². The third kappa shape index (κ3) is 6.23. The monoisotopic (exact) mass is 509 g/mol. The molecule has 1 heterocycles. The molecule has 3 N–H and O–H groups in total. The van der Waals surface area contributed by atoms with Crippen LogP contribution in [0.15, 0.2) is 78.9 Å². The number of methoxy groups -OCH3 is 1. The number of hydrogen-bond acceptors (Lipinski definition) is 5. The third-order valence-electron chi connectivity index (χ3n) is 6.49. The highest BCUT2D eigenvalue weighted by Crippen LogP contribution is 2.32. The van der Waals surface area contributed by atoms with Crippen molar-refractivity contribution in [1.82, 2.24) is 14.3 Å². The summed E-state index contributed by atoms with van der Waals surface area (Å²) in [7, 11) is -2.32. The Morgan fingerprint density at radius 3 is 2.44 bits per heavy atom. The van der Waals surface area contributed by atoms with Crippen LogP contribution in [0.2, 0.25) is 0 Å². The summed E-state index contributed by atoms with van der Waals surface area (Å²) in [5.41, 5.74) is 2.29. The molecule has 4 rings (SSSR count). The summed E-state index contributed by atoms with van der Waals surface area (Å²) in [6, 6.07) is 22.9. The Morgan fingerprint density at radius 2 is 1.72 bits per heavy atom. The topological polar surface area (TPSA) is 108 Å². The molecule has 1 aliphatic rings. The molecule has 0 bridgehead atoms. The molecule has 8 nitrogen and oxygen atoms in total. The van der Waals surface area contributed by atoms with Crippen LogP contribution < -0.4 is 14.8 Å². The van der Waals surface area contributed by atoms with Gasteiger partial charge in [0.1, 0.15) is 11.5 Å². The van der Waals surface area contributed by atoms with Gasteiger partial charge in [-0.15, -0.1) is 0 Å². The first-order chi connectivity index (χ1) is 17.4. The number of ether oxygens (including phenoxy) is 1. The van der Waals surface area contributed by atoms with Crippen molar-refractivity contribution >= 4 is 16.1 Å².